The highest BCUT2D eigenvalue weighted by atomic mass is 15.1. The maximum Gasteiger partial charge on any atom is 0.188 e. The number of hydrogen-bond acceptors (Lipinski definition) is 3. The summed E-state index contributed by atoms with van der Waals surface area (Å²) in [6.07, 6.45) is 1.87. The Morgan fingerprint density at radius 3 is 1.98 bits per heavy atom. The van der Waals surface area contributed by atoms with E-state index >= 15 is 0 Å². The van der Waals surface area contributed by atoms with Gasteiger partial charge in [-0.15, -0.1) is 0 Å². The van der Waals surface area contributed by atoms with Crippen LogP contribution in [0.3, 0.4) is 0 Å². The number of aromatic nitrogens is 3. The van der Waals surface area contributed by atoms with E-state index < -0.39 is 0 Å². The number of pyridine rings is 1. The van der Waals surface area contributed by atoms with Crippen molar-refractivity contribution < 1.29 is 0 Å². The molecule has 0 atom stereocenters. The van der Waals surface area contributed by atoms with E-state index in [1.807, 2.05) is 97.2 Å². The lowest BCUT2D eigenvalue weighted by molar-refractivity contribution is 1.06. The Morgan fingerprint density at radius 1 is 0.591 bits per heavy atom. The Balaban J connectivity index is 1.49. The molecule has 0 aliphatic rings. The highest BCUT2D eigenvalue weighted by molar-refractivity contribution is 6.11. The van der Waals surface area contributed by atoms with E-state index in [0.29, 0.717) is 22.6 Å². The van der Waals surface area contributed by atoms with Gasteiger partial charge in [-0.3, -0.25) is 4.57 Å². The van der Waals surface area contributed by atoms with Gasteiger partial charge in [-0.1, -0.05) is 60.7 Å². The fraction of sp³-hybridized carbons (Fsp3) is 0. The second-order valence-corrected chi connectivity index (χ2v) is 10.6. The smallest absolute Gasteiger partial charge is 0.188 e. The van der Waals surface area contributed by atoms with Crippen LogP contribution in [0, 0.1) is 29.2 Å². The summed E-state index contributed by atoms with van der Waals surface area (Å²) in [7, 11) is 0. The predicted octanol–water partition coefficient (Wildman–Crippen LogP) is 9.24. The molecule has 8 rings (SSSR count). The zero-order valence-electron chi connectivity index (χ0n) is 23.2. The fourth-order valence-corrected chi connectivity index (χ4v) is 6.35. The Morgan fingerprint density at radius 2 is 1.23 bits per heavy atom. The minimum absolute atomic E-state index is 0.558. The minimum atomic E-state index is 0.558. The summed E-state index contributed by atoms with van der Waals surface area (Å²) in [5.41, 5.74) is 8.05. The first-order chi connectivity index (χ1) is 21.7. The Bertz CT molecular complexity index is 2600. The van der Waals surface area contributed by atoms with Crippen molar-refractivity contribution in [3.8, 4) is 34.8 Å². The number of rotatable bonds is 3. The number of fused-ring (bicyclic) bond motifs is 6. The van der Waals surface area contributed by atoms with Crippen LogP contribution >= 0.6 is 0 Å². The molecule has 44 heavy (non-hydrogen) atoms. The largest absolute Gasteiger partial charge is 0.307 e. The van der Waals surface area contributed by atoms with Crippen molar-refractivity contribution in [1.29, 1.82) is 10.5 Å². The summed E-state index contributed by atoms with van der Waals surface area (Å²) >= 11 is 0. The number of para-hydroxylation sites is 2. The molecule has 0 aliphatic heterocycles. The van der Waals surface area contributed by atoms with Gasteiger partial charge in [-0.05, 0) is 60.0 Å². The molecule has 0 fully saturated rings. The van der Waals surface area contributed by atoms with Crippen LogP contribution in [0.5, 0.6) is 0 Å². The van der Waals surface area contributed by atoms with Gasteiger partial charge in [-0.25, -0.2) is 9.83 Å². The molecule has 3 heterocycles. The van der Waals surface area contributed by atoms with Crippen LogP contribution in [0.25, 0.3) is 71.1 Å². The van der Waals surface area contributed by atoms with E-state index in [0.717, 1.165) is 60.4 Å². The summed E-state index contributed by atoms with van der Waals surface area (Å²) in [4.78, 5) is 8.72. The maximum atomic E-state index is 10.2. The van der Waals surface area contributed by atoms with Crippen LogP contribution < -0.4 is 0 Å². The molecule has 6 heteroatoms. The third kappa shape index (κ3) is 3.61. The first kappa shape index (κ1) is 25.1. The highest BCUT2D eigenvalue weighted by Crippen LogP contribution is 2.40. The molecule has 5 aromatic carbocycles. The summed E-state index contributed by atoms with van der Waals surface area (Å²) < 4.78 is 4.28. The van der Waals surface area contributed by atoms with Gasteiger partial charge in [-0.2, -0.15) is 10.5 Å². The average Bonchev–Trinajstić information content (AvgIpc) is 3.60. The molecule has 0 radical (unpaired) electrons. The summed E-state index contributed by atoms with van der Waals surface area (Å²) in [5.74, 6) is 0.698. The monoisotopic (exact) mass is 560 g/mol. The van der Waals surface area contributed by atoms with Crippen molar-refractivity contribution in [1.82, 2.24) is 14.1 Å². The van der Waals surface area contributed by atoms with Crippen LogP contribution in [-0.4, -0.2) is 14.1 Å². The van der Waals surface area contributed by atoms with Crippen molar-refractivity contribution in [2.45, 2.75) is 0 Å². The molecule has 6 nitrogen and oxygen atoms in total. The molecule has 202 valence electrons. The van der Waals surface area contributed by atoms with Gasteiger partial charge < -0.3 is 4.57 Å². The molecule has 0 unspecified atom stereocenters. The third-order valence-corrected chi connectivity index (χ3v) is 8.26. The van der Waals surface area contributed by atoms with Gasteiger partial charge in [0.25, 0.3) is 0 Å². The lowest BCUT2D eigenvalue weighted by Gasteiger charge is -2.17. The normalized spacial score (nSPS) is 11.1. The van der Waals surface area contributed by atoms with Crippen LogP contribution in [0.1, 0.15) is 11.1 Å². The SMILES string of the molecule is [C-]#[N+]c1ccc2c(c1)c1ccccc1n2-c1cnc(-n2c3ccccc3c3cc(C#N)ccc32)cc1-c1ccccc1C#N. The average molecular weight is 561 g/mol. The number of nitriles is 2. The molecular weight excluding hydrogens is 540 g/mol. The maximum absolute atomic E-state index is 10.2. The Hall–Kier alpha value is -6.68. The second-order valence-electron chi connectivity index (χ2n) is 10.6. The summed E-state index contributed by atoms with van der Waals surface area (Å²) in [6, 6.07) is 42.0. The van der Waals surface area contributed by atoms with Crippen LogP contribution in [0.4, 0.5) is 5.69 Å². The molecular formula is C38H20N6. The first-order valence-electron chi connectivity index (χ1n) is 14.0. The van der Waals surface area contributed by atoms with E-state index in [1.54, 1.807) is 0 Å². The topological polar surface area (TPSA) is 74.7 Å². The lowest BCUT2D eigenvalue weighted by atomic mass is 9.99. The Labute approximate surface area is 252 Å². The third-order valence-electron chi connectivity index (χ3n) is 8.26. The van der Waals surface area contributed by atoms with Gasteiger partial charge in [0.1, 0.15) is 5.82 Å². The molecule has 0 spiro atoms. The van der Waals surface area contributed by atoms with E-state index in [2.05, 4.69) is 50.4 Å². The zero-order valence-corrected chi connectivity index (χ0v) is 23.2. The summed E-state index contributed by atoms with van der Waals surface area (Å²) in [6.45, 7) is 7.58. The van der Waals surface area contributed by atoms with Crippen LogP contribution in [0.15, 0.2) is 121 Å². The van der Waals surface area contributed by atoms with Gasteiger partial charge in [0.05, 0.1) is 63.8 Å². The molecule has 0 aliphatic carbocycles. The number of hydrogen-bond donors (Lipinski definition) is 0. The number of benzene rings is 5. The molecule has 0 bridgehead atoms. The molecule has 0 amide bonds. The molecule has 3 aromatic heterocycles. The van der Waals surface area contributed by atoms with Crippen molar-refractivity contribution >= 4 is 49.3 Å². The van der Waals surface area contributed by atoms with Crippen LogP contribution in [-0.2, 0) is 0 Å². The van der Waals surface area contributed by atoms with Gasteiger partial charge in [0, 0.05) is 27.3 Å². The van der Waals surface area contributed by atoms with Crippen molar-refractivity contribution in [3.05, 3.63) is 144 Å². The first-order valence-corrected chi connectivity index (χ1v) is 14.0. The van der Waals surface area contributed by atoms with E-state index in [1.165, 1.54) is 0 Å². The van der Waals surface area contributed by atoms with Gasteiger partial charge in [0.2, 0.25) is 0 Å². The van der Waals surface area contributed by atoms with E-state index in [9.17, 15) is 10.5 Å². The molecule has 0 N–H and O–H groups in total. The molecule has 0 saturated carbocycles. The zero-order chi connectivity index (χ0) is 29.8. The highest BCUT2D eigenvalue weighted by Gasteiger charge is 2.20. The van der Waals surface area contributed by atoms with Crippen molar-refractivity contribution in [3.63, 3.8) is 0 Å². The summed E-state index contributed by atoms with van der Waals surface area (Å²) in [5, 5.41) is 23.8. The van der Waals surface area contributed by atoms with Crippen LogP contribution in [0.2, 0.25) is 0 Å². The van der Waals surface area contributed by atoms with E-state index in [-0.39, 0.29) is 0 Å². The quantitative estimate of drug-likeness (QED) is 0.202. The van der Waals surface area contributed by atoms with Crippen molar-refractivity contribution in [2.24, 2.45) is 0 Å². The molecule has 0 saturated heterocycles. The number of nitrogens with zero attached hydrogens (tertiary/aromatic N) is 6. The lowest BCUT2D eigenvalue weighted by Crippen LogP contribution is -2.04. The van der Waals surface area contributed by atoms with Gasteiger partial charge in [0.15, 0.2) is 5.69 Å². The Kier molecular flexibility index (Phi) is 5.53. The molecule has 8 aromatic rings. The van der Waals surface area contributed by atoms with E-state index in [4.69, 9.17) is 11.6 Å². The second kappa shape index (κ2) is 9.71. The minimum Gasteiger partial charge on any atom is -0.307 e. The van der Waals surface area contributed by atoms with Gasteiger partial charge >= 0.3 is 0 Å². The standard InChI is InChI=1S/C38H20N6/c1-41-26-15-17-35-31(19-26)29-11-4-6-12-33(29)43(35)37-23-42-38(20-32(37)27-9-3-2-8-25(27)22-40)44-34-13-7-5-10-28(34)30-18-24(21-39)14-16-36(30)44/h2-20,23H. The fourth-order valence-electron chi connectivity index (χ4n) is 6.35. The predicted molar refractivity (Wildman–Crippen MR) is 174 cm³/mol. The van der Waals surface area contributed by atoms with Crippen molar-refractivity contribution in [2.75, 3.05) is 0 Å².